The third-order valence-electron chi connectivity index (χ3n) is 3.24. The number of hydrogen-bond donors (Lipinski definition) is 1. The van der Waals surface area contributed by atoms with E-state index >= 15 is 0 Å². The molecule has 0 atom stereocenters. The van der Waals surface area contributed by atoms with Crippen molar-refractivity contribution in [2.45, 2.75) is 20.0 Å². The van der Waals surface area contributed by atoms with Crippen molar-refractivity contribution in [1.82, 2.24) is 14.8 Å². The van der Waals surface area contributed by atoms with Crippen LogP contribution < -0.4 is 5.32 Å². The van der Waals surface area contributed by atoms with E-state index in [1.807, 2.05) is 41.5 Å². The molecule has 2 aromatic heterocycles. The minimum atomic E-state index is 0.773. The van der Waals surface area contributed by atoms with E-state index in [-0.39, 0.29) is 0 Å². The number of aryl methyl sites for hydroxylation is 1. The highest BCUT2D eigenvalue weighted by Crippen LogP contribution is 2.22. The lowest BCUT2D eigenvalue weighted by atomic mass is 10.1. The Kier molecular flexibility index (Phi) is 3.14. The SMILES string of the molecule is CCn1nccc1CNc1cccc2cnccc12. The molecule has 3 rings (SSSR count). The van der Waals surface area contributed by atoms with E-state index in [2.05, 4.69) is 34.5 Å². The molecule has 0 saturated heterocycles. The van der Waals surface area contributed by atoms with Gasteiger partial charge >= 0.3 is 0 Å². The van der Waals surface area contributed by atoms with E-state index in [1.54, 1.807) is 0 Å². The van der Waals surface area contributed by atoms with Gasteiger partial charge in [-0.15, -0.1) is 0 Å². The quantitative estimate of drug-likeness (QED) is 0.776. The van der Waals surface area contributed by atoms with Gasteiger partial charge in [-0.25, -0.2) is 0 Å². The van der Waals surface area contributed by atoms with Crippen LogP contribution in [0.15, 0.2) is 48.9 Å². The zero-order valence-electron chi connectivity index (χ0n) is 10.9. The molecule has 0 aliphatic heterocycles. The summed E-state index contributed by atoms with van der Waals surface area (Å²) < 4.78 is 2.00. The van der Waals surface area contributed by atoms with Gasteiger partial charge in [-0.2, -0.15) is 5.10 Å². The summed E-state index contributed by atoms with van der Waals surface area (Å²) >= 11 is 0. The first kappa shape index (κ1) is 11.7. The molecule has 0 fully saturated rings. The number of pyridine rings is 1. The largest absolute Gasteiger partial charge is 0.379 e. The molecule has 19 heavy (non-hydrogen) atoms. The fourth-order valence-electron chi connectivity index (χ4n) is 2.26. The van der Waals surface area contributed by atoms with Gasteiger partial charge in [0.1, 0.15) is 0 Å². The van der Waals surface area contributed by atoms with Crippen molar-refractivity contribution in [3.8, 4) is 0 Å². The third kappa shape index (κ3) is 2.29. The predicted molar refractivity (Wildman–Crippen MR) is 77.0 cm³/mol. The van der Waals surface area contributed by atoms with Crippen LogP contribution in [0.2, 0.25) is 0 Å². The van der Waals surface area contributed by atoms with E-state index in [0.717, 1.165) is 24.2 Å². The first-order valence-electron chi connectivity index (χ1n) is 6.46. The van der Waals surface area contributed by atoms with E-state index < -0.39 is 0 Å². The van der Waals surface area contributed by atoms with Gasteiger partial charge in [0, 0.05) is 41.6 Å². The van der Waals surface area contributed by atoms with Gasteiger partial charge in [-0.05, 0) is 25.1 Å². The molecule has 0 unspecified atom stereocenters. The predicted octanol–water partition coefficient (Wildman–Crippen LogP) is 3.06. The lowest BCUT2D eigenvalue weighted by Gasteiger charge is -2.10. The van der Waals surface area contributed by atoms with Gasteiger partial charge in [-0.3, -0.25) is 9.67 Å². The van der Waals surface area contributed by atoms with Gasteiger partial charge in [-0.1, -0.05) is 12.1 Å². The van der Waals surface area contributed by atoms with Gasteiger partial charge in [0.15, 0.2) is 0 Å². The summed E-state index contributed by atoms with van der Waals surface area (Å²) in [5, 5.41) is 10.1. The molecule has 3 aromatic rings. The normalized spacial score (nSPS) is 10.8. The summed E-state index contributed by atoms with van der Waals surface area (Å²) in [6.45, 7) is 3.76. The van der Waals surface area contributed by atoms with E-state index in [1.165, 1.54) is 11.1 Å². The molecule has 96 valence electrons. The summed E-state index contributed by atoms with van der Waals surface area (Å²) in [7, 11) is 0. The van der Waals surface area contributed by atoms with Crippen molar-refractivity contribution in [2.24, 2.45) is 0 Å². The molecule has 4 nitrogen and oxygen atoms in total. The Morgan fingerprint density at radius 1 is 1.16 bits per heavy atom. The lowest BCUT2D eigenvalue weighted by Crippen LogP contribution is -2.07. The van der Waals surface area contributed by atoms with Crippen LogP contribution in [-0.4, -0.2) is 14.8 Å². The van der Waals surface area contributed by atoms with Gasteiger partial charge in [0.25, 0.3) is 0 Å². The number of anilines is 1. The Morgan fingerprint density at radius 2 is 2.11 bits per heavy atom. The average Bonchev–Trinajstić information content (AvgIpc) is 2.92. The summed E-state index contributed by atoms with van der Waals surface area (Å²) in [5.74, 6) is 0. The van der Waals surface area contributed by atoms with Crippen LogP contribution in [0, 0.1) is 0 Å². The van der Waals surface area contributed by atoms with E-state index in [0.29, 0.717) is 0 Å². The number of nitrogens with zero attached hydrogens (tertiary/aromatic N) is 3. The summed E-state index contributed by atoms with van der Waals surface area (Å²) in [4.78, 5) is 4.15. The highest BCUT2D eigenvalue weighted by molar-refractivity contribution is 5.93. The summed E-state index contributed by atoms with van der Waals surface area (Å²) in [6.07, 6.45) is 5.55. The second-order valence-electron chi connectivity index (χ2n) is 4.39. The summed E-state index contributed by atoms with van der Waals surface area (Å²) in [5.41, 5.74) is 2.32. The molecule has 0 saturated carbocycles. The van der Waals surface area contributed by atoms with Crippen LogP contribution in [-0.2, 0) is 13.1 Å². The van der Waals surface area contributed by atoms with E-state index in [4.69, 9.17) is 0 Å². The first-order chi connectivity index (χ1) is 9.38. The van der Waals surface area contributed by atoms with Crippen molar-refractivity contribution in [2.75, 3.05) is 5.32 Å². The number of benzene rings is 1. The van der Waals surface area contributed by atoms with Gasteiger partial charge < -0.3 is 5.32 Å². The minimum absolute atomic E-state index is 0.773. The fraction of sp³-hybridized carbons (Fsp3) is 0.200. The van der Waals surface area contributed by atoms with E-state index in [9.17, 15) is 0 Å². The molecular formula is C15H16N4. The molecular weight excluding hydrogens is 236 g/mol. The van der Waals surface area contributed by atoms with Gasteiger partial charge in [0.05, 0.1) is 12.2 Å². The van der Waals surface area contributed by atoms with Crippen molar-refractivity contribution in [3.05, 3.63) is 54.6 Å². The highest BCUT2D eigenvalue weighted by Gasteiger charge is 2.03. The van der Waals surface area contributed by atoms with Crippen molar-refractivity contribution >= 4 is 16.5 Å². The molecule has 1 aromatic carbocycles. The molecule has 0 radical (unpaired) electrons. The monoisotopic (exact) mass is 252 g/mol. The maximum Gasteiger partial charge on any atom is 0.0575 e. The summed E-state index contributed by atoms with van der Waals surface area (Å²) in [6, 6.07) is 10.3. The lowest BCUT2D eigenvalue weighted by molar-refractivity contribution is 0.628. The van der Waals surface area contributed by atoms with Gasteiger partial charge in [0.2, 0.25) is 0 Å². The molecule has 0 bridgehead atoms. The van der Waals surface area contributed by atoms with Crippen molar-refractivity contribution in [3.63, 3.8) is 0 Å². The maximum atomic E-state index is 4.28. The topological polar surface area (TPSA) is 42.7 Å². The zero-order chi connectivity index (χ0) is 13.1. The van der Waals surface area contributed by atoms with Crippen molar-refractivity contribution in [1.29, 1.82) is 0 Å². The number of aromatic nitrogens is 3. The molecule has 4 heteroatoms. The maximum absolute atomic E-state index is 4.28. The van der Waals surface area contributed by atoms with Crippen molar-refractivity contribution < 1.29 is 0 Å². The second kappa shape index (κ2) is 5.10. The Labute approximate surface area is 112 Å². The standard InChI is InChI=1S/C15H16N4/c1-2-19-13(6-9-18-19)11-17-15-5-3-4-12-10-16-8-7-14(12)15/h3-10,17H,2,11H2,1H3. The zero-order valence-corrected chi connectivity index (χ0v) is 10.9. The second-order valence-corrected chi connectivity index (χ2v) is 4.39. The smallest absolute Gasteiger partial charge is 0.0575 e. The highest BCUT2D eigenvalue weighted by atomic mass is 15.3. The molecule has 0 spiro atoms. The van der Waals surface area contributed by atoms with Crippen LogP contribution >= 0.6 is 0 Å². The van der Waals surface area contributed by atoms with Crippen LogP contribution in [0.1, 0.15) is 12.6 Å². The average molecular weight is 252 g/mol. The Balaban J connectivity index is 1.86. The molecule has 2 heterocycles. The molecule has 1 N–H and O–H groups in total. The first-order valence-corrected chi connectivity index (χ1v) is 6.46. The number of nitrogens with one attached hydrogen (secondary N) is 1. The van der Waals surface area contributed by atoms with Crippen LogP contribution in [0.5, 0.6) is 0 Å². The van der Waals surface area contributed by atoms with Crippen LogP contribution in [0.25, 0.3) is 10.8 Å². The Bertz CT molecular complexity index is 682. The molecule has 0 aliphatic rings. The minimum Gasteiger partial charge on any atom is -0.379 e. The Hall–Kier alpha value is -2.36. The number of fused-ring (bicyclic) bond motifs is 1. The molecule has 0 amide bonds. The molecule has 0 aliphatic carbocycles. The van der Waals surface area contributed by atoms with Crippen LogP contribution in [0.4, 0.5) is 5.69 Å². The fourth-order valence-corrected chi connectivity index (χ4v) is 2.26. The number of hydrogen-bond acceptors (Lipinski definition) is 3. The Morgan fingerprint density at radius 3 is 3.00 bits per heavy atom. The number of rotatable bonds is 4. The van der Waals surface area contributed by atoms with Crippen LogP contribution in [0.3, 0.4) is 0 Å². The third-order valence-corrected chi connectivity index (χ3v) is 3.24.